The maximum absolute atomic E-state index is 10.3. The zero-order valence-electron chi connectivity index (χ0n) is 15.1. The van der Waals surface area contributed by atoms with Crippen molar-refractivity contribution in [1.82, 2.24) is 0 Å². The Balaban J connectivity index is 1.81. The van der Waals surface area contributed by atoms with Crippen LogP contribution in [0.3, 0.4) is 0 Å². The van der Waals surface area contributed by atoms with Crippen LogP contribution in [0.25, 0.3) is 0 Å². The van der Waals surface area contributed by atoms with Crippen LogP contribution in [-0.2, 0) is 11.2 Å². The van der Waals surface area contributed by atoms with Gasteiger partial charge in [-0.15, -0.1) is 0 Å². The normalized spacial score (nSPS) is 25.4. The summed E-state index contributed by atoms with van der Waals surface area (Å²) in [5.74, 6) is 0.855. The standard InChI is InChI=1S/C21H24ClIO4/c1-2-26-16-6-3-13(4-7-16)9-15-10-14(5-8-18(15)22)21-20(23)19(25)11-17(12-24)27-21/h3-8,10,17,19-21,24-25H,2,9,11-12H2,1H3/t17-,19-,20+,21-/m0/s1. The fraction of sp³-hybridized carbons (Fsp3) is 0.429. The van der Waals surface area contributed by atoms with Gasteiger partial charge in [0.2, 0.25) is 0 Å². The molecule has 2 N–H and O–H groups in total. The molecule has 6 heteroatoms. The Hall–Kier alpha value is -0.860. The summed E-state index contributed by atoms with van der Waals surface area (Å²) in [5, 5.41) is 20.4. The molecule has 0 bridgehead atoms. The van der Waals surface area contributed by atoms with Crippen LogP contribution in [0.2, 0.25) is 5.02 Å². The van der Waals surface area contributed by atoms with E-state index < -0.39 is 6.10 Å². The van der Waals surface area contributed by atoms with Crippen molar-refractivity contribution in [2.45, 2.75) is 42.0 Å². The zero-order chi connectivity index (χ0) is 19.4. The van der Waals surface area contributed by atoms with Crippen molar-refractivity contribution in [3.63, 3.8) is 0 Å². The lowest BCUT2D eigenvalue weighted by Gasteiger charge is -2.37. The average molecular weight is 503 g/mol. The summed E-state index contributed by atoms with van der Waals surface area (Å²) < 4.78 is 11.4. The minimum Gasteiger partial charge on any atom is -0.494 e. The van der Waals surface area contributed by atoms with Gasteiger partial charge in [-0.25, -0.2) is 0 Å². The number of benzene rings is 2. The Bertz CT molecular complexity index is 752. The molecule has 2 aromatic carbocycles. The largest absolute Gasteiger partial charge is 0.494 e. The fourth-order valence-corrected chi connectivity index (χ4v) is 4.38. The van der Waals surface area contributed by atoms with Gasteiger partial charge < -0.3 is 19.7 Å². The lowest BCUT2D eigenvalue weighted by atomic mass is 9.94. The second kappa shape index (κ2) is 9.56. The number of aliphatic hydroxyl groups excluding tert-OH is 2. The molecule has 4 nitrogen and oxygen atoms in total. The molecular formula is C21H24ClIO4. The molecule has 0 unspecified atom stereocenters. The first-order valence-corrected chi connectivity index (χ1v) is 10.7. The van der Waals surface area contributed by atoms with E-state index in [4.69, 9.17) is 21.1 Å². The smallest absolute Gasteiger partial charge is 0.119 e. The molecule has 0 amide bonds. The highest BCUT2D eigenvalue weighted by atomic mass is 127. The molecule has 3 rings (SSSR count). The topological polar surface area (TPSA) is 58.9 Å². The number of hydrogen-bond acceptors (Lipinski definition) is 4. The van der Waals surface area contributed by atoms with Crippen molar-refractivity contribution in [2.75, 3.05) is 13.2 Å². The summed E-state index contributed by atoms with van der Waals surface area (Å²) in [4.78, 5) is 0. The lowest BCUT2D eigenvalue weighted by Crippen LogP contribution is -2.41. The predicted molar refractivity (Wildman–Crippen MR) is 115 cm³/mol. The Labute approximate surface area is 178 Å². The summed E-state index contributed by atoms with van der Waals surface area (Å²) in [6.45, 7) is 2.52. The molecule has 0 saturated carbocycles. The van der Waals surface area contributed by atoms with Crippen molar-refractivity contribution in [3.05, 3.63) is 64.2 Å². The van der Waals surface area contributed by atoms with Gasteiger partial charge in [0.25, 0.3) is 0 Å². The van der Waals surface area contributed by atoms with Gasteiger partial charge in [-0.3, -0.25) is 0 Å². The third kappa shape index (κ3) is 5.15. The third-order valence-corrected chi connectivity index (χ3v) is 6.58. The maximum Gasteiger partial charge on any atom is 0.119 e. The van der Waals surface area contributed by atoms with Crippen LogP contribution in [0.4, 0.5) is 0 Å². The van der Waals surface area contributed by atoms with Crippen LogP contribution < -0.4 is 4.74 Å². The number of rotatable bonds is 6. The van der Waals surface area contributed by atoms with Crippen LogP contribution in [0, 0.1) is 0 Å². The van der Waals surface area contributed by atoms with Crippen molar-refractivity contribution in [1.29, 1.82) is 0 Å². The molecule has 146 valence electrons. The van der Waals surface area contributed by atoms with Crippen molar-refractivity contribution < 1.29 is 19.7 Å². The quantitative estimate of drug-likeness (QED) is 0.456. The number of ether oxygens (including phenoxy) is 2. The Kier molecular flexibility index (Phi) is 7.39. The molecule has 0 aromatic heterocycles. The molecule has 4 atom stereocenters. The van der Waals surface area contributed by atoms with Crippen LogP contribution >= 0.6 is 34.2 Å². The first-order chi connectivity index (χ1) is 13.0. The van der Waals surface area contributed by atoms with Gasteiger partial charge in [0.1, 0.15) is 5.75 Å². The number of alkyl halides is 1. The predicted octanol–water partition coefficient (Wildman–Crippen LogP) is 4.32. The summed E-state index contributed by atoms with van der Waals surface area (Å²) in [6.07, 6.45) is 0.0209. The molecule has 1 heterocycles. The fourth-order valence-electron chi connectivity index (χ4n) is 3.32. The van der Waals surface area contributed by atoms with E-state index in [1.807, 2.05) is 49.4 Å². The van der Waals surface area contributed by atoms with Crippen LogP contribution in [-0.4, -0.2) is 39.6 Å². The summed E-state index contributed by atoms with van der Waals surface area (Å²) in [6, 6.07) is 13.9. The van der Waals surface area contributed by atoms with Gasteiger partial charge in [0, 0.05) is 11.4 Å². The summed E-state index contributed by atoms with van der Waals surface area (Å²) >= 11 is 8.66. The van der Waals surface area contributed by atoms with Gasteiger partial charge in [-0.1, -0.05) is 58.5 Å². The van der Waals surface area contributed by atoms with E-state index in [9.17, 15) is 10.2 Å². The lowest BCUT2D eigenvalue weighted by molar-refractivity contribution is -0.105. The van der Waals surface area contributed by atoms with Gasteiger partial charge >= 0.3 is 0 Å². The molecular weight excluding hydrogens is 479 g/mol. The monoisotopic (exact) mass is 502 g/mol. The molecule has 1 fully saturated rings. The molecule has 1 saturated heterocycles. The number of hydrogen-bond donors (Lipinski definition) is 2. The van der Waals surface area contributed by atoms with Crippen LogP contribution in [0.5, 0.6) is 5.75 Å². The van der Waals surface area contributed by atoms with Crippen molar-refractivity contribution in [3.8, 4) is 5.75 Å². The first-order valence-electron chi connectivity index (χ1n) is 9.10. The second-order valence-corrected chi connectivity index (χ2v) is 8.56. The molecule has 0 spiro atoms. The number of aliphatic hydroxyl groups is 2. The van der Waals surface area contributed by atoms with Gasteiger partial charge in [0.15, 0.2) is 0 Å². The highest BCUT2D eigenvalue weighted by Gasteiger charge is 2.37. The second-order valence-electron chi connectivity index (χ2n) is 6.71. The number of halogens is 2. The highest BCUT2D eigenvalue weighted by molar-refractivity contribution is 14.1. The van der Waals surface area contributed by atoms with Crippen molar-refractivity contribution >= 4 is 34.2 Å². The highest BCUT2D eigenvalue weighted by Crippen LogP contribution is 2.38. The summed E-state index contributed by atoms with van der Waals surface area (Å²) in [7, 11) is 0. The molecule has 0 aliphatic carbocycles. The van der Waals surface area contributed by atoms with Crippen LogP contribution in [0.15, 0.2) is 42.5 Å². The molecule has 2 aromatic rings. The first kappa shape index (κ1) is 20.9. The minimum atomic E-state index is -0.508. The Morgan fingerprint density at radius 1 is 1.22 bits per heavy atom. The van der Waals surface area contributed by atoms with E-state index in [-0.39, 0.29) is 22.7 Å². The molecule has 1 aliphatic rings. The van der Waals surface area contributed by atoms with E-state index in [1.165, 1.54) is 0 Å². The Morgan fingerprint density at radius 3 is 2.63 bits per heavy atom. The van der Waals surface area contributed by atoms with Crippen LogP contribution in [0.1, 0.15) is 36.1 Å². The maximum atomic E-state index is 10.3. The Morgan fingerprint density at radius 2 is 1.96 bits per heavy atom. The molecule has 0 radical (unpaired) electrons. The summed E-state index contributed by atoms with van der Waals surface area (Å²) in [5.41, 5.74) is 3.12. The minimum absolute atomic E-state index is 0.0788. The van der Waals surface area contributed by atoms with Gasteiger partial charge in [-0.2, -0.15) is 0 Å². The SMILES string of the molecule is CCOc1ccc(Cc2cc([C@@H]3O[C@H](CO)C[C@H](O)[C@H]3I)ccc2Cl)cc1. The third-order valence-electron chi connectivity index (χ3n) is 4.73. The van der Waals surface area contributed by atoms with Crippen molar-refractivity contribution in [2.24, 2.45) is 0 Å². The van der Waals surface area contributed by atoms with Gasteiger partial charge in [-0.05, 0) is 48.2 Å². The van der Waals surface area contributed by atoms with E-state index in [0.717, 1.165) is 22.4 Å². The van der Waals surface area contributed by atoms with E-state index in [1.54, 1.807) is 0 Å². The van der Waals surface area contributed by atoms with E-state index in [2.05, 4.69) is 22.6 Å². The average Bonchev–Trinajstić information content (AvgIpc) is 2.67. The molecule has 27 heavy (non-hydrogen) atoms. The zero-order valence-corrected chi connectivity index (χ0v) is 18.1. The molecule has 1 aliphatic heterocycles. The van der Waals surface area contributed by atoms with E-state index in [0.29, 0.717) is 24.5 Å². The van der Waals surface area contributed by atoms with Gasteiger partial charge in [0.05, 0.1) is 35.5 Å². The van der Waals surface area contributed by atoms with E-state index >= 15 is 0 Å².